The van der Waals surface area contributed by atoms with E-state index in [4.69, 9.17) is 11.6 Å². The quantitative estimate of drug-likeness (QED) is 0.758. The Morgan fingerprint density at radius 2 is 2.05 bits per heavy atom. The van der Waals surface area contributed by atoms with E-state index in [0.29, 0.717) is 10.6 Å². The number of alkyl halides is 3. The Hall–Kier alpha value is -1.80. The van der Waals surface area contributed by atoms with Crippen LogP contribution in [0, 0.1) is 23.2 Å². The van der Waals surface area contributed by atoms with E-state index in [1.165, 1.54) is 6.07 Å². The summed E-state index contributed by atoms with van der Waals surface area (Å²) in [6.45, 7) is 1.57. The third-order valence-electron chi connectivity index (χ3n) is 3.03. The van der Waals surface area contributed by atoms with Gasteiger partial charge in [-0.2, -0.15) is 18.4 Å². The number of halogens is 4. The molecule has 1 aliphatic heterocycles. The predicted molar refractivity (Wildman–Crippen MR) is 70.4 cm³/mol. The summed E-state index contributed by atoms with van der Waals surface area (Å²) in [5, 5.41) is 9.56. The lowest BCUT2D eigenvalue weighted by Gasteiger charge is -2.24. The van der Waals surface area contributed by atoms with Gasteiger partial charge in [0.2, 0.25) is 0 Å². The molecule has 6 heteroatoms. The molecule has 1 heterocycles. The van der Waals surface area contributed by atoms with Gasteiger partial charge in [0.1, 0.15) is 5.70 Å². The number of aliphatic imine (C=N–C) groups is 1. The van der Waals surface area contributed by atoms with Crippen molar-refractivity contribution in [3.05, 3.63) is 46.6 Å². The number of allylic oxidation sites excluding steroid dienone is 2. The van der Waals surface area contributed by atoms with E-state index in [-0.39, 0.29) is 5.71 Å². The fourth-order valence-corrected chi connectivity index (χ4v) is 2.25. The summed E-state index contributed by atoms with van der Waals surface area (Å²) in [6, 6.07) is 8.34. The fraction of sp³-hybridized carbons (Fsp3) is 0.286. The van der Waals surface area contributed by atoms with E-state index >= 15 is 0 Å². The van der Waals surface area contributed by atoms with E-state index in [9.17, 15) is 18.4 Å². The summed E-state index contributed by atoms with van der Waals surface area (Å²) in [6.07, 6.45) is -3.54. The van der Waals surface area contributed by atoms with Crippen molar-refractivity contribution in [2.45, 2.75) is 13.1 Å². The van der Waals surface area contributed by atoms with Gasteiger partial charge < -0.3 is 0 Å². The zero-order chi connectivity index (χ0) is 14.9. The molecular formula is C14H10ClF3N2. The summed E-state index contributed by atoms with van der Waals surface area (Å²) in [7, 11) is 0. The fourth-order valence-electron chi connectivity index (χ4n) is 2.06. The molecule has 0 aliphatic carbocycles. The summed E-state index contributed by atoms with van der Waals surface area (Å²) < 4.78 is 38.5. The van der Waals surface area contributed by atoms with E-state index in [1.54, 1.807) is 25.1 Å². The third-order valence-corrected chi connectivity index (χ3v) is 3.27. The number of hydrogen-bond acceptors (Lipinski definition) is 2. The maximum Gasteiger partial charge on any atom is 0.433 e. The van der Waals surface area contributed by atoms with Crippen LogP contribution in [0.15, 0.2) is 41.0 Å². The number of benzene rings is 1. The van der Waals surface area contributed by atoms with Gasteiger partial charge in [-0.15, -0.1) is 0 Å². The van der Waals surface area contributed by atoms with Crippen molar-refractivity contribution in [1.29, 1.82) is 5.26 Å². The summed E-state index contributed by atoms with van der Waals surface area (Å²) in [4.78, 5) is 3.64. The highest BCUT2D eigenvalue weighted by Gasteiger charge is 2.39. The normalized spacial score (nSPS) is 22.8. The second-order valence-electron chi connectivity index (χ2n) is 4.52. The molecule has 2 rings (SSSR count). The standard InChI is InChI=1S/C14H10ClF3N2/c1-8-5-12(14(16,17)18)20-13(11(8)7-19)9-3-2-4-10(15)6-9/h2-6,8,11H,1H3. The van der Waals surface area contributed by atoms with Crippen molar-refractivity contribution in [2.24, 2.45) is 16.8 Å². The van der Waals surface area contributed by atoms with Crippen molar-refractivity contribution >= 4 is 17.3 Å². The van der Waals surface area contributed by atoms with Crippen molar-refractivity contribution in [1.82, 2.24) is 0 Å². The molecule has 1 aromatic carbocycles. The molecule has 2 nitrogen and oxygen atoms in total. The first-order valence-corrected chi connectivity index (χ1v) is 6.24. The monoisotopic (exact) mass is 298 g/mol. The maximum atomic E-state index is 12.8. The Morgan fingerprint density at radius 1 is 1.35 bits per heavy atom. The summed E-state index contributed by atoms with van der Waals surface area (Å²) in [5.41, 5.74) is -0.422. The molecule has 1 aliphatic rings. The topological polar surface area (TPSA) is 36.1 Å². The van der Waals surface area contributed by atoms with Gasteiger partial charge in [-0.25, -0.2) is 4.99 Å². The van der Waals surface area contributed by atoms with Crippen LogP contribution in [-0.4, -0.2) is 11.9 Å². The summed E-state index contributed by atoms with van der Waals surface area (Å²) >= 11 is 5.84. The smallest absolute Gasteiger partial charge is 0.247 e. The van der Waals surface area contributed by atoms with Crippen molar-refractivity contribution < 1.29 is 13.2 Å². The van der Waals surface area contributed by atoms with Crippen LogP contribution in [0.3, 0.4) is 0 Å². The predicted octanol–water partition coefficient (Wildman–Crippen LogP) is 4.36. The molecule has 0 bridgehead atoms. The third kappa shape index (κ3) is 2.86. The molecule has 0 radical (unpaired) electrons. The summed E-state index contributed by atoms with van der Waals surface area (Å²) in [5.74, 6) is -1.29. The Morgan fingerprint density at radius 3 is 2.60 bits per heavy atom. The van der Waals surface area contributed by atoms with Crippen molar-refractivity contribution in [3.63, 3.8) is 0 Å². The Kier molecular flexibility index (Phi) is 3.87. The second kappa shape index (κ2) is 5.29. The van der Waals surface area contributed by atoms with Crippen LogP contribution < -0.4 is 0 Å². The van der Waals surface area contributed by atoms with Crippen LogP contribution in [0.4, 0.5) is 13.2 Å². The van der Waals surface area contributed by atoms with Crippen LogP contribution in [0.5, 0.6) is 0 Å². The van der Waals surface area contributed by atoms with Crippen LogP contribution in [0.2, 0.25) is 5.02 Å². The molecular weight excluding hydrogens is 289 g/mol. The van der Waals surface area contributed by atoms with Gasteiger partial charge in [-0.1, -0.05) is 30.7 Å². The van der Waals surface area contributed by atoms with E-state index in [0.717, 1.165) is 6.08 Å². The molecule has 1 aromatic rings. The number of nitrogens with zero attached hydrogens (tertiary/aromatic N) is 2. The zero-order valence-electron chi connectivity index (χ0n) is 10.4. The van der Waals surface area contributed by atoms with Crippen LogP contribution in [0.25, 0.3) is 0 Å². The first-order valence-electron chi connectivity index (χ1n) is 5.86. The van der Waals surface area contributed by atoms with Gasteiger partial charge in [0.15, 0.2) is 0 Å². The number of hydrogen-bond donors (Lipinski definition) is 0. The van der Waals surface area contributed by atoms with Gasteiger partial charge in [-0.3, -0.25) is 0 Å². The minimum absolute atomic E-state index is 0.109. The van der Waals surface area contributed by atoms with Crippen molar-refractivity contribution in [3.8, 4) is 6.07 Å². The van der Waals surface area contributed by atoms with E-state index < -0.39 is 23.7 Å². The van der Waals surface area contributed by atoms with Gasteiger partial charge >= 0.3 is 6.18 Å². The van der Waals surface area contributed by atoms with E-state index in [1.807, 2.05) is 6.07 Å². The van der Waals surface area contributed by atoms with Gasteiger partial charge in [0.05, 0.1) is 17.7 Å². The zero-order valence-corrected chi connectivity index (χ0v) is 11.2. The largest absolute Gasteiger partial charge is 0.433 e. The molecule has 2 unspecified atom stereocenters. The molecule has 104 valence electrons. The second-order valence-corrected chi connectivity index (χ2v) is 4.96. The van der Waals surface area contributed by atoms with Crippen molar-refractivity contribution in [2.75, 3.05) is 0 Å². The molecule has 20 heavy (non-hydrogen) atoms. The molecule has 0 fully saturated rings. The first kappa shape index (κ1) is 14.6. The highest BCUT2D eigenvalue weighted by atomic mass is 35.5. The first-order chi connectivity index (χ1) is 9.32. The van der Waals surface area contributed by atoms with Gasteiger partial charge in [-0.05, 0) is 29.7 Å². The van der Waals surface area contributed by atoms with Crippen LogP contribution in [0.1, 0.15) is 12.5 Å². The minimum atomic E-state index is -4.53. The lowest BCUT2D eigenvalue weighted by Crippen LogP contribution is -2.27. The Labute approximate surface area is 119 Å². The molecule has 0 saturated heterocycles. The highest BCUT2D eigenvalue weighted by molar-refractivity contribution is 6.31. The van der Waals surface area contributed by atoms with Crippen LogP contribution in [-0.2, 0) is 0 Å². The lowest BCUT2D eigenvalue weighted by molar-refractivity contribution is -0.0931. The number of rotatable bonds is 1. The average Bonchev–Trinajstić information content (AvgIpc) is 2.36. The molecule has 0 aromatic heterocycles. The molecule has 0 spiro atoms. The molecule has 0 N–H and O–H groups in total. The average molecular weight is 299 g/mol. The minimum Gasteiger partial charge on any atom is -0.247 e. The molecule has 2 atom stereocenters. The lowest BCUT2D eigenvalue weighted by atomic mass is 9.84. The molecule has 0 amide bonds. The highest BCUT2D eigenvalue weighted by Crippen LogP contribution is 2.35. The Balaban J connectivity index is 2.55. The Bertz CT molecular complexity index is 626. The maximum absolute atomic E-state index is 12.8. The van der Waals surface area contributed by atoms with Crippen LogP contribution >= 0.6 is 11.6 Å². The van der Waals surface area contributed by atoms with E-state index in [2.05, 4.69) is 4.99 Å². The van der Waals surface area contributed by atoms with Gasteiger partial charge in [0, 0.05) is 5.02 Å². The molecule has 0 saturated carbocycles. The van der Waals surface area contributed by atoms with Gasteiger partial charge in [0.25, 0.3) is 0 Å². The SMILES string of the molecule is CC1C=C(C(F)(F)F)N=C(c2cccc(Cl)c2)C1C#N. The number of nitriles is 1.